The first-order valence-electron chi connectivity index (χ1n) is 5.80. The van der Waals surface area contributed by atoms with E-state index < -0.39 is 18.1 Å². The summed E-state index contributed by atoms with van der Waals surface area (Å²) in [5.41, 5.74) is 7.51. The highest BCUT2D eigenvalue weighted by atomic mass is 19.4. The summed E-state index contributed by atoms with van der Waals surface area (Å²) in [6.45, 7) is 0. The van der Waals surface area contributed by atoms with Gasteiger partial charge in [0.05, 0.1) is 18.2 Å². The third kappa shape index (κ3) is 4.33. The molecule has 1 aromatic carbocycles. The maximum atomic E-state index is 11.2. The van der Waals surface area contributed by atoms with Gasteiger partial charge in [-0.25, -0.2) is 9.78 Å². The number of carbonyl (C=O) groups is 2. The Morgan fingerprint density at radius 2 is 1.82 bits per heavy atom. The quantitative estimate of drug-likeness (QED) is 0.883. The van der Waals surface area contributed by atoms with Crippen LogP contribution < -0.4 is 5.73 Å². The minimum atomic E-state index is -5.08. The fraction of sp³-hybridized carbons (Fsp3) is 0.154. The summed E-state index contributed by atoms with van der Waals surface area (Å²) in [5.74, 6) is -3.18. The number of primary amides is 1. The number of hydrogen-bond donors (Lipinski definition) is 2. The number of carboxylic acids is 1. The highest BCUT2D eigenvalue weighted by Gasteiger charge is 2.38. The highest BCUT2D eigenvalue weighted by Crippen LogP contribution is 2.22. The summed E-state index contributed by atoms with van der Waals surface area (Å²) in [5, 5.41) is 7.12. The second-order valence-corrected chi connectivity index (χ2v) is 4.10. The molecule has 0 saturated heterocycles. The van der Waals surface area contributed by atoms with Crippen LogP contribution in [0.3, 0.4) is 0 Å². The number of rotatable bonds is 2. The van der Waals surface area contributed by atoms with Crippen molar-refractivity contribution >= 4 is 11.9 Å². The van der Waals surface area contributed by atoms with E-state index in [1.807, 2.05) is 23.7 Å². The topological polar surface area (TPSA) is 98.2 Å². The average molecular weight is 315 g/mol. The summed E-state index contributed by atoms with van der Waals surface area (Å²) in [7, 11) is 1.88. The lowest BCUT2D eigenvalue weighted by Gasteiger charge is -2.06. The Balaban J connectivity index is 0.000000295. The SMILES string of the molecule is Cn1cncc1-c1ccccc1C(N)=O.O=C(O)C(F)(F)F. The zero-order valence-electron chi connectivity index (χ0n) is 11.3. The fourth-order valence-corrected chi connectivity index (χ4v) is 1.54. The summed E-state index contributed by atoms with van der Waals surface area (Å²) in [4.78, 5) is 24.1. The number of aryl methyl sites for hydroxylation is 1. The summed E-state index contributed by atoms with van der Waals surface area (Å²) in [6, 6.07) is 7.23. The second kappa shape index (κ2) is 6.74. The second-order valence-electron chi connectivity index (χ2n) is 4.10. The van der Waals surface area contributed by atoms with Crippen LogP contribution in [-0.4, -0.2) is 32.7 Å². The number of benzene rings is 1. The van der Waals surface area contributed by atoms with E-state index in [0.717, 1.165) is 11.3 Å². The molecule has 1 heterocycles. The molecule has 6 nitrogen and oxygen atoms in total. The van der Waals surface area contributed by atoms with Crippen molar-refractivity contribution in [1.82, 2.24) is 9.55 Å². The largest absolute Gasteiger partial charge is 0.490 e. The lowest BCUT2D eigenvalue weighted by molar-refractivity contribution is -0.192. The molecule has 0 aliphatic rings. The van der Waals surface area contributed by atoms with Gasteiger partial charge < -0.3 is 15.4 Å². The van der Waals surface area contributed by atoms with Crippen molar-refractivity contribution in [3.05, 3.63) is 42.4 Å². The molecule has 3 N–H and O–H groups in total. The van der Waals surface area contributed by atoms with Crippen molar-refractivity contribution in [2.75, 3.05) is 0 Å². The van der Waals surface area contributed by atoms with E-state index in [-0.39, 0.29) is 0 Å². The van der Waals surface area contributed by atoms with Gasteiger partial charge in [-0.1, -0.05) is 18.2 Å². The predicted octanol–water partition coefficient (Wildman–Crippen LogP) is 1.82. The van der Waals surface area contributed by atoms with Crippen LogP contribution in [0.5, 0.6) is 0 Å². The average Bonchev–Trinajstić information content (AvgIpc) is 2.84. The van der Waals surface area contributed by atoms with Gasteiger partial charge in [-0.3, -0.25) is 4.79 Å². The normalized spacial score (nSPS) is 10.5. The first kappa shape index (κ1) is 17.2. The Bertz CT molecular complexity index is 680. The maximum absolute atomic E-state index is 11.2. The van der Waals surface area contributed by atoms with Gasteiger partial charge in [0.15, 0.2) is 0 Å². The number of imidazole rings is 1. The van der Waals surface area contributed by atoms with Crippen molar-refractivity contribution in [1.29, 1.82) is 0 Å². The number of hydrogen-bond acceptors (Lipinski definition) is 3. The van der Waals surface area contributed by atoms with E-state index in [1.54, 1.807) is 24.7 Å². The van der Waals surface area contributed by atoms with Gasteiger partial charge >= 0.3 is 12.1 Å². The molecule has 1 aromatic heterocycles. The van der Waals surface area contributed by atoms with Crippen molar-refractivity contribution < 1.29 is 27.9 Å². The van der Waals surface area contributed by atoms with E-state index >= 15 is 0 Å². The smallest absolute Gasteiger partial charge is 0.475 e. The molecular formula is C13H12F3N3O3. The van der Waals surface area contributed by atoms with Crippen LogP contribution in [0.4, 0.5) is 13.2 Å². The monoisotopic (exact) mass is 315 g/mol. The number of halogens is 3. The van der Waals surface area contributed by atoms with Crippen LogP contribution in [0.2, 0.25) is 0 Å². The number of amides is 1. The van der Waals surface area contributed by atoms with Gasteiger partial charge in [0.1, 0.15) is 0 Å². The molecular weight excluding hydrogens is 303 g/mol. The van der Waals surface area contributed by atoms with Crippen LogP contribution in [-0.2, 0) is 11.8 Å². The standard InChI is InChI=1S/C11H11N3O.C2HF3O2/c1-14-7-13-6-10(14)8-4-2-3-5-9(8)11(12)15;3-2(4,5)1(6)7/h2-7H,1H3,(H2,12,15);(H,6,7). The Morgan fingerprint density at radius 1 is 1.27 bits per heavy atom. The Kier molecular flexibility index (Phi) is 5.28. The molecule has 1 amide bonds. The van der Waals surface area contributed by atoms with E-state index in [1.165, 1.54) is 0 Å². The number of aromatic nitrogens is 2. The molecule has 0 saturated carbocycles. The minimum absolute atomic E-state index is 0.424. The molecule has 22 heavy (non-hydrogen) atoms. The molecule has 0 fully saturated rings. The Hall–Kier alpha value is -2.84. The molecule has 0 aliphatic carbocycles. The van der Waals surface area contributed by atoms with Crippen molar-refractivity contribution in [2.45, 2.75) is 6.18 Å². The van der Waals surface area contributed by atoms with Gasteiger partial charge in [-0.05, 0) is 6.07 Å². The van der Waals surface area contributed by atoms with Crippen LogP contribution in [0.25, 0.3) is 11.3 Å². The molecule has 118 valence electrons. The van der Waals surface area contributed by atoms with Gasteiger partial charge in [-0.15, -0.1) is 0 Å². The number of nitrogens with two attached hydrogens (primary N) is 1. The number of carboxylic acid groups (broad SMARTS) is 1. The van der Waals surface area contributed by atoms with Crippen molar-refractivity contribution in [2.24, 2.45) is 12.8 Å². The van der Waals surface area contributed by atoms with Gasteiger partial charge in [-0.2, -0.15) is 13.2 Å². The molecule has 2 rings (SSSR count). The lowest BCUT2D eigenvalue weighted by atomic mass is 10.0. The first-order chi connectivity index (χ1) is 10.1. The third-order valence-corrected chi connectivity index (χ3v) is 2.53. The van der Waals surface area contributed by atoms with Crippen molar-refractivity contribution in [3.63, 3.8) is 0 Å². The summed E-state index contributed by atoms with van der Waals surface area (Å²) in [6.07, 6.45) is -1.69. The molecule has 2 aromatic rings. The Labute approximate surface area is 123 Å². The number of carbonyl (C=O) groups excluding carboxylic acids is 1. The zero-order chi connectivity index (χ0) is 16.9. The molecule has 9 heteroatoms. The third-order valence-electron chi connectivity index (χ3n) is 2.53. The van der Waals surface area contributed by atoms with E-state index in [9.17, 15) is 18.0 Å². The predicted molar refractivity (Wildman–Crippen MR) is 70.9 cm³/mol. The van der Waals surface area contributed by atoms with Gasteiger partial charge in [0.25, 0.3) is 0 Å². The molecule has 0 atom stereocenters. The number of nitrogens with zero attached hydrogens (tertiary/aromatic N) is 2. The molecule has 0 radical (unpaired) electrons. The first-order valence-corrected chi connectivity index (χ1v) is 5.80. The van der Waals surface area contributed by atoms with E-state index in [2.05, 4.69) is 4.98 Å². The summed E-state index contributed by atoms with van der Waals surface area (Å²) < 4.78 is 33.6. The Morgan fingerprint density at radius 3 is 2.23 bits per heavy atom. The summed E-state index contributed by atoms with van der Waals surface area (Å²) >= 11 is 0. The van der Waals surface area contributed by atoms with Crippen LogP contribution in [0, 0.1) is 0 Å². The van der Waals surface area contributed by atoms with Gasteiger partial charge in [0, 0.05) is 18.2 Å². The lowest BCUT2D eigenvalue weighted by Crippen LogP contribution is -2.21. The van der Waals surface area contributed by atoms with Crippen LogP contribution in [0.1, 0.15) is 10.4 Å². The number of alkyl halides is 3. The van der Waals surface area contributed by atoms with Crippen LogP contribution >= 0.6 is 0 Å². The zero-order valence-corrected chi connectivity index (χ0v) is 11.3. The van der Waals surface area contributed by atoms with E-state index in [0.29, 0.717) is 5.56 Å². The molecule has 0 aliphatic heterocycles. The maximum Gasteiger partial charge on any atom is 0.490 e. The van der Waals surface area contributed by atoms with Crippen LogP contribution in [0.15, 0.2) is 36.8 Å². The molecule has 0 unspecified atom stereocenters. The highest BCUT2D eigenvalue weighted by molar-refractivity contribution is 5.99. The number of aliphatic carboxylic acids is 1. The molecule has 0 spiro atoms. The fourth-order valence-electron chi connectivity index (χ4n) is 1.54. The van der Waals surface area contributed by atoms with E-state index in [4.69, 9.17) is 15.6 Å². The van der Waals surface area contributed by atoms with Crippen molar-refractivity contribution in [3.8, 4) is 11.3 Å². The minimum Gasteiger partial charge on any atom is -0.475 e. The van der Waals surface area contributed by atoms with Gasteiger partial charge in [0.2, 0.25) is 5.91 Å². The molecule has 0 bridgehead atoms.